The number of ether oxygens (including phenoxy) is 10. The van der Waals surface area contributed by atoms with Crippen LogP contribution in [0.5, 0.6) is 5.75 Å². The van der Waals surface area contributed by atoms with Gasteiger partial charge in [-0.1, -0.05) is 199 Å². The van der Waals surface area contributed by atoms with E-state index in [1.54, 1.807) is 7.11 Å². The zero-order chi connectivity index (χ0) is 52.2. The third kappa shape index (κ3) is 15.0. The molecule has 7 aromatic rings. The zero-order valence-electron chi connectivity index (χ0n) is 42.5. The minimum absolute atomic E-state index is 0.0544. The number of methoxy groups -OCH3 is 1. The first-order valence-corrected chi connectivity index (χ1v) is 25.7. The molecule has 0 aromatic heterocycles. The Morgan fingerprint density at radius 2 is 0.737 bits per heavy atom. The van der Waals surface area contributed by atoms with Crippen molar-refractivity contribution in [3.8, 4) is 5.75 Å². The molecule has 2 fully saturated rings. The molecular formula is C62H65N3O11. The number of aliphatic hydroxyl groups excluding tert-OH is 1. The number of aliphatic hydroxyl groups is 1. The quantitative estimate of drug-likeness (QED) is 0.0312. The van der Waals surface area contributed by atoms with Crippen LogP contribution < -0.4 is 4.74 Å². The number of hydrogen-bond donors (Lipinski definition) is 1. The highest BCUT2D eigenvalue weighted by atomic mass is 16.7. The van der Waals surface area contributed by atoms with E-state index in [9.17, 15) is 10.6 Å². The third-order valence-electron chi connectivity index (χ3n) is 13.5. The Kier molecular flexibility index (Phi) is 20.2. The minimum Gasteiger partial charge on any atom is -0.497 e. The van der Waals surface area contributed by atoms with E-state index in [0.29, 0.717) is 5.75 Å². The normalized spacial score (nSPS) is 24.3. The molecule has 11 atom stereocenters. The first kappa shape index (κ1) is 54.1. The summed E-state index contributed by atoms with van der Waals surface area (Å²) in [6.45, 7) is 1.10. The van der Waals surface area contributed by atoms with Gasteiger partial charge in [0, 0.05) is 4.91 Å². The second-order valence-corrected chi connectivity index (χ2v) is 18.8. The molecule has 0 amide bonds. The lowest BCUT2D eigenvalue weighted by Crippen LogP contribution is -2.69. The van der Waals surface area contributed by atoms with E-state index >= 15 is 0 Å². The molecule has 7 aromatic carbocycles. The SMILES string of the molecule is COc1ccc(COC2C(OCc3ccccc3)C(OCc3ccccc3)C(OCc3ccccc3)C(OCc3ccccc3)C2OC2OC(COCc3ccccc3)C(O)C(OCc3ccccc3)C2N=[N+]=[N-])cc1. The Hall–Kier alpha value is -6.75. The Balaban J connectivity index is 1.16. The molecule has 1 N–H and O–H groups in total. The summed E-state index contributed by atoms with van der Waals surface area (Å²) in [4.78, 5) is 3.30. The monoisotopic (exact) mass is 1030 g/mol. The summed E-state index contributed by atoms with van der Waals surface area (Å²) in [5.74, 6) is 0.695. The molecular weight excluding hydrogens is 963 g/mol. The van der Waals surface area contributed by atoms with Crippen LogP contribution in [0.4, 0.5) is 0 Å². The predicted octanol–water partition coefficient (Wildman–Crippen LogP) is 10.9. The summed E-state index contributed by atoms with van der Waals surface area (Å²) in [5, 5.41) is 16.5. The van der Waals surface area contributed by atoms with Crippen molar-refractivity contribution in [3.63, 3.8) is 0 Å². The second-order valence-electron chi connectivity index (χ2n) is 18.8. The smallest absolute Gasteiger partial charge is 0.169 e. The number of azide groups is 1. The van der Waals surface area contributed by atoms with Crippen LogP contribution in [0.1, 0.15) is 38.9 Å². The first-order chi connectivity index (χ1) is 37.5. The van der Waals surface area contributed by atoms with Gasteiger partial charge in [-0.05, 0) is 56.6 Å². The van der Waals surface area contributed by atoms with Gasteiger partial charge < -0.3 is 52.5 Å². The van der Waals surface area contributed by atoms with Crippen molar-refractivity contribution in [2.45, 2.75) is 114 Å². The van der Waals surface area contributed by atoms with Gasteiger partial charge in [0.15, 0.2) is 6.29 Å². The van der Waals surface area contributed by atoms with Crippen molar-refractivity contribution < 1.29 is 52.5 Å². The fourth-order valence-electron chi connectivity index (χ4n) is 9.52. The molecule has 9 rings (SSSR count). The lowest BCUT2D eigenvalue weighted by atomic mass is 9.83. The summed E-state index contributed by atoms with van der Waals surface area (Å²) in [7, 11) is 1.62. The average molecular weight is 1030 g/mol. The van der Waals surface area contributed by atoms with Crippen LogP contribution in [-0.4, -0.2) is 86.1 Å². The number of nitrogens with zero attached hydrogens (tertiary/aromatic N) is 3. The standard InChI is InChI=1S/C62H65N3O11/c1-67-51-34-32-50(33-35-51)42-74-60-58(72-40-48-28-16-6-17-29-48)56(70-38-46-24-12-4-13-25-46)57(71-39-47-26-14-5-15-27-47)59(73-41-49-30-18-7-19-31-49)61(60)76-62-53(64-65-63)55(69-37-45-22-10-3-11-23-45)54(66)52(75-62)43-68-36-44-20-8-2-9-21-44/h2-35,52-62,66H,36-43H2,1H3. The molecule has 0 bridgehead atoms. The second kappa shape index (κ2) is 28.4. The van der Waals surface area contributed by atoms with Crippen LogP contribution in [0, 0.1) is 0 Å². The van der Waals surface area contributed by atoms with Crippen molar-refractivity contribution in [1.29, 1.82) is 0 Å². The number of hydrogen-bond acceptors (Lipinski definition) is 12. The largest absolute Gasteiger partial charge is 0.497 e. The van der Waals surface area contributed by atoms with Gasteiger partial charge in [-0.3, -0.25) is 0 Å². The fourth-order valence-corrected chi connectivity index (χ4v) is 9.52. The molecule has 0 radical (unpaired) electrons. The molecule has 1 heterocycles. The highest BCUT2D eigenvalue weighted by Crippen LogP contribution is 2.39. The van der Waals surface area contributed by atoms with Gasteiger partial charge in [0.25, 0.3) is 0 Å². The van der Waals surface area contributed by atoms with E-state index in [2.05, 4.69) is 10.0 Å². The molecule has 394 valence electrons. The van der Waals surface area contributed by atoms with E-state index in [0.717, 1.165) is 38.9 Å². The number of rotatable bonds is 26. The number of benzene rings is 7. The predicted molar refractivity (Wildman–Crippen MR) is 285 cm³/mol. The van der Waals surface area contributed by atoms with E-state index in [1.807, 2.05) is 206 Å². The average Bonchev–Trinajstić information content (AvgIpc) is 3.49. The van der Waals surface area contributed by atoms with Gasteiger partial charge >= 0.3 is 0 Å². The highest BCUT2D eigenvalue weighted by molar-refractivity contribution is 5.27. The molecule has 2 aliphatic rings. The van der Waals surface area contributed by atoms with Crippen molar-refractivity contribution in [3.05, 3.63) is 256 Å². The van der Waals surface area contributed by atoms with Gasteiger partial charge in [0.05, 0.1) is 66.1 Å². The Bertz CT molecular complexity index is 2780. The van der Waals surface area contributed by atoms with Gasteiger partial charge in [-0.2, -0.15) is 0 Å². The molecule has 1 saturated heterocycles. The van der Waals surface area contributed by atoms with Gasteiger partial charge in [0.1, 0.15) is 60.6 Å². The maximum atomic E-state index is 12.2. The van der Waals surface area contributed by atoms with Gasteiger partial charge in [0.2, 0.25) is 0 Å². The Labute approximate surface area is 444 Å². The van der Waals surface area contributed by atoms with Crippen molar-refractivity contribution in [2.75, 3.05) is 13.7 Å². The van der Waals surface area contributed by atoms with Crippen LogP contribution in [0.25, 0.3) is 10.4 Å². The summed E-state index contributed by atoms with van der Waals surface area (Å²) in [5.41, 5.74) is 16.6. The van der Waals surface area contributed by atoms with Crippen LogP contribution in [-0.2, 0) is 88.9 Å². The molecule has 1 aliphatic heterocycles. The molecule has 76 heavy (non-hydrogen) atoms. The van der Waals surface area contributed by atoms with Crippen LogP contribution in [0.2, 0.25) is 0 Å². The Morgan fingerprint density at radius 3 is 1.08 bits per heavy atom. The van der Waals surface area contributed by atoms with E-state index in [4.69, 9.17) is 47.4 Å². The molecule has 1 aliphatic carbocycles. The van der Waals surface area contributed by atoms with Crippen LogP contribution in [0.3, 0.4) is 0 Å². The van der Waals surface area contributed by atoms with Crippen molar-refractivity contribution in [2.24, 2.45) is 5.11 Å². The topological polar surface area (TPSA) is 161 Å². The summed E-state index contributed by atoms with van der Waals surface area (Å²) < 4.78 is 68.3. The van der Waals surface area contributed by atoms with E-state index in [1.165, 1.54) is 0 Å². The third-order valence-corrected chi connectivity index (χ3v) is 13.5. The minimum atomic E-state index is -1.36. The van der Waals surface area contributed by atoms with Gasteiger partial charge in [-0.15, -0.1) is 0 Å². The van der Waals surface area contributed by atoms with Crippen LogP contribution in [0.15, 0.2) is 211 Å². The summed E-state index contributed by atoms with van der Waals surface area (Å²) >= 11 is 0. The van der Waals surface area contributed by atoms with E-state index < -0.39 is 67.3 Å². The van der Waals surface area contributed by atoms with Crippen LogP contribution >= 0.6 is 0 Å². The Morgan fingerprint density at radius 1 is 0.421 bits per heavy atom. The van der Waals surface area contributed by atoms with Crippen molar-refractivity contribution in [1.82, 2.24) is 0 Å². The molecule has 11 unspecified atom stereocenters. The first-order valence-electron chi connectivity index (χ1n) is 25.7. The zero-order valence-corrected chi connectivity index (χ0v) is 42.5. The molecule has 14 heteroatoms. The lowest BCUT2D eigenvalue weighted by Gasteiger charge is -2.51. The molecule has 14 nitrogen and oxygen atoms in total. The fraction of sp³-hybridized carbons (Fsp3) is 0.323. The van der Waals surface area contributed by atoms with Crippen molar-refractivity contribution >= 4 is 0 Å². The molecule has 0 spiro atoms. The summed E-state index contributed by atoms with van der Waals surface area (Å²) in [6, 6.07) is 65.3. The maximum Gasteiger partial charge on any atom is 0.169 e. The molecule has 1 saturated carbocycles. The lowest BCUT2D eigenvalue weighted by molar-refractivity contribution is -0.340. The van der Waals surface area contributed by atoms with E-state index in [-0.39, 0.29) is 52.9 Å². The maximum absolute atomic E-state index is 12.2. The highest BCUT2D eigenvalue weighted by Gasteiger charge is 2.57. The van der Waals surface area contributed by atoms with Gasteiger partial charge in [-0.25, -0.2) is 0 Å². The summed E-state index contributed by atoms with van der Waals surface area (Å²) in [6.07, 6.45) is -10.5.